The summed E-state index contributed by atoms with van der Waals surface area (Å²) in [5.41, 5.74) is 3.96. The van der Waals surface area contributed by atoms with Gasteiger partial charge in [-0.25, -0.2) is 4.79 Å². The normalized spacial score (nSPS) is 15.3. The van der Waals surface area contributed by atoms with Crippen molar-refractivity contribution in [3.63, 3.8) is 0 Å². The molecule has 1 aromatic carbocycles. The van der Waals surface area contributed by atoms with Crippen LogP contribution in [0.1, 0.15) is 31.4 Å². The monoisotopic (exact) mass is 303 g/mol. The molecule has 22 heavy (non-hydrogen) atoms. The molecule has 2 amide bonds. The molecule has 1 saturated heterocycles. The fourth-order valence-corrected chi connectivity index (χ4v) is 3.02. The molecule has 0 atom stereocenters. The fraction of sp³-hybridized carbons (Fsp3) is 0.611. The summed E-state index contributed by atoms with van der Waals surface area (Å²) in [4.78, 5) is 16.5. The Kier molecular flexibility index (Phi) is 5.69. The number of aryl methyl sites for hydroxylation is 2. The van der Waals surface area contributed by atoms with Crippen molar-refractivity contribution >= 4 is 11.7 Å². The lowest BCUT2D eigenvalue weighted by Gasteiger charge is -2.37. The van der Waals surface area contributed by atoms with E-state index in [0.29, 0.717) is 5.92 Å². The Balaban J connectivity index is 1.86. The van der Waals surface area contributed by atoms with Crippen molar-refractivity contribution in [2.24, 2.45) is 5.92 Å². The molecule has 1 aliphatic heterocycles. The largest absolute Gasteiger partial charge is 0.368 e. The number of hydrogen-bond donors (Lipinski definition) is 1. The molecule has 0 aliphatic carbocycles. The van der Waals surface area contributed by atoms with Crippen molar-refractivity contribution in [2.45, 2.75) is 34.1 Å². The van der Waals surface area contributed by atoms with E-state index in [4.69, 9.17) is 0 Å². The molecular formula is C18H29N3O. The topological polar surface area (TPSA) is 35.6 Å². The van der Waals surface area contributed by atoms with E-state index in [-0.39, 0.29) is 6.03 Å². The number of carbonyl (C=O) groups is 1. The zero-order valence-corrected chi connectivity index (χ0v) is 14.4. The second-order valence-corrected chi connectivity index (χ2v) is 6.63. The van der Waals surface area contributed by atoms with E-state index in [1.807, 2.05) is 4.90 Å². The Morgan fingerprint density at radius 3 is 2.27 bits per heavy atom. The highest BCUT2D eigenvalue weighted by Gasteiger charge is 2.22. The van der Waals surface area contributed by atoms with Crippen LogP contribution in [0.15, 0.2) is 18.2 Å². The number of piperazine rings is 1. The number of nitrogens with zero attached hydrogens (tertiary/aromatic N) is 2. The number of urea groups is 1. The summed E-state index contributed by atoms with van der Waals surface area (Å²) in [7, 11) is 0. The van der Waals surface area contributed by atoms with Crippen molar-refractivity contribution < 1.29 is 4.79 Å². The molecule has 0 bridgehead atoms. The van der Waals surface area contributed by atoms with Gasteiger partial charge in [-0.05, 0) is 37.3 Å². The summed E-state index contributed by atoms with van der Waals surface area (Å²) in [6.45, 7) is 12.8. The molecule has 2 rings (SSSR count). The minimum atomic E-state index is 0.0850. The van der Waals surface area contributed by atoms with Crippen LogP contribution in [0.2, 0.25) is 0 Å². The van der Waals surface area contributed by atoms with E-state index in [1.54, 1.807) is 0 Å². The van der Waals surface area contributed by atoms with Crippen LogP contribution in [0.4, 0.5) is 10.5 Å². The van der Waals surface area contributed by atoms with E-state index < -0.39 is 0 Å². The smallest absolute Gasteiger partial charge is 0.317 e. The number of para-hydroxylation sites is 1. The van der Waals surface area contributed by atoms with Crippen molar-refractivity contribution in [1.29, 1.82) is 0 Å². The number of nitrogens with one attached hydrogen (secondary N) is 1. The first-order chi connectivity index (χ1) is 10.5. The lowest BCUT2D eigenvalue weighted by atomic mass is 10.1. The van der Waals surface area contributed by atoms with Crippen LogP contribution in [-0.4, -0.2) is 43.7 Å². The minimum Gasteiger partial charge on any atom is -0.368 e. The summed E-state index contributed by atoms with van der Waals surface area (Å²) >= 11 is 0. The molecular weight excluding hydrogens is 274 g/mol. The van der Waals surface area contributed by atoms with E-state index in [2.05, 4.69) is 56.1 Å². The zero-order valence-electron chi connectivity index (χ0n) is 14.4. The van der Waals surface area contributed by atoms with Crippen molar-refractivity contribution in [3.8, 4) is 0 Å². The fourth-order valence-electron chi connectivity index (χ4n) is 3.02. The van der Waals surface area contributed by atoms with Gasteiger partial charge in [-0.2, -0.15) is 0 Å². The quantitative estimate of drug-likeness (QED) is 0.927. The number of benzene rings is 1. The van der Waals surface area contributed by atoms with Gasteiger partial charge >= 0.3 is 6.03 Å². The molecule has 1 fully saturated rings. The average molecular weight is 303 g/mol. The highest BCUT2D eigenvalue weighted by molar-refractivity contribution is 5.74. The van der Waals surface area contributed by atoms with Gasteiger partial charge in [0.25, 0.3) is 0 Å². The third kappa shape index (κ3) is 4.15. The molecule has 0 saturated carbocycles. The van der Waals surface area contributed by atoms with Crippen molar-refractivity contribution in [1.82, 2.24) is 10.2 Å². The molecule has 0 aromatic heterocycles. The van der Waals surface area contributed by atoms with Gasteiger partial charge in [0.15, 0.2) is 0 Å². The van der Waals surface area contributed by atoms with Crippen LogP contribution in [0.5, 0.6) is 0 Å². The first-order valence-corrected chi connectivity index (χ1v) is 8.33. The van der Waals surface area contributed by atoms with Gasteiger partial charge in [0.1, 0.15) is 0 Å². The zero-order chi connectivity index (χ0) is 16.1. The van der Waals surface area contributed by atoms with Crippen LogP contribution >= 0.6 is 0 Å². The maximum atomic E-state index is 12.2. The summed E-state index contributed by atoms with van der Waals surface area (Å²) < 4.78 is 0. The minimum absolute atomic E-state index is 0.0850. The van der Waals surface area contributed by atoms with Crippen molar-refractivity contribution in [3.05, 3.63) is 29.3 Å². The van der Waals surface area contributed by atoms with Crippen LogP contribution in [0, 0.1) is 19.8 Å². The van der Waals surface area contributed by atoms with Crippen LogP contribution < -0.4 is 10.2 Å². The first kappa shape index (κ1) is 16.7. The Labute approximate surface area is 134 Å². The second kappa shape index (κ2) is 7.52. The number of rotatable bonds is 4. The lowest BCUT2D eigenvalue weighted by Crippen LogP contribution is -2.52. The second-order valence-electron chi connectivity index (χ2n) is 6.63. The Morgan fingerprint density at radius 1 is 1.14 bits per heavy atom. The number of carbonyl (C=O) groups excluding carboxylic acids is 1. The van der Waals surface area contributed by atoms with E-state index in [0.717, 1.165) is 39.1 Å². The molecule has 0 unspecified atom stereocenters. The maximum absolute atomic E-state index is 12.2. The van der Waals surface area contributed by atoms with Gasteiger partial charge in [0, 0.05) is 38.4 Å². The Hall–Kier alpha value is -1.71. The third-order valence-corrected chi connectivity index (χ3v) is 4.32. The van der Waals surface area contributed by atoms with Crippen LogP contribution in [0.25, 0.3) is 0 Å². The molecule has 4 nitrogen and oxygen atoms in total. The standard InChI is InChI=1S/C18H29N3O/c1-14(2)8-9-19-18(22)21-12-10-20(11-13-21)17-15(3)6-5-7-16(17)4/h5-7,14H,8-13H2,1-4H3,(H,19,22). The van der Waals surface area contributed by atoms with Gasteiger partial charge in [-0.3, -0.25) is 0 Å². The molecule has 1 aromatic rings. The van der Waals surface area contributed by atoms with Crippen LogP contribution in [0.3, 0.4) is 0 Å². The molecule has 122 valence electrons. The summed E-state index contributed by atoms with van der Waals surface area (Å²) in [6.07, 6.45) is 1.04. The number of hydrogen-bond acceptors (Lipinski definition) is 2. The molecule has 1 aliphatic rings. The molecule has 0 spiro atoms. The first-order valence-electron chi connectivity index (χ1n) is 8.33. The summed E-state index contributed by atoms with van der Waals surface area (Å²) in [5.74, 6) is 0.626. The van der Waals surface area contributed by atoms with E-state index in [9.17, 15) is 4.79 Å². The van der Waals surface area contributed by atoms with E-state index in [1.165, 1.54) is 16.8 Å². The van der Waals surface area contributed by atoms with Gasteiger partial charge in [-0.15, -0.1) is 0 Å². The SMILES string of the molecule is Cc1cccc(C)c1N1CCN(C(=O)NCCC(C)C)CC1. The highest BCUT2D eigenvalue weighted by Crippen LogP contribution is 2.25. The summed E-state index contributed by atoms with van der Waals surface area (Å²) in [5, 5.41) is 3.03. The summed E-state index contributed by atoms with van der Waals surface area (Å²) in [6, 6.07) is 6.51. The molecule has 1 N–H and O–H groups in total. The third-order valence-electron chi connectivity index (χ3n) is 4.32. The number of anilines is 1. The van der Waals surface area contributed by atoms with Gasteiger partial charge in [0.2, 0.25) is 0 Å². The number of amides is 2. The van der Waals surface area contributed by atoms with Gasteiger partial charge < -0.3 is 15.1 Å². The lowest BCUT2D eigenvalue weighted by molar-refractivity contribution is 0.194. The van der Waals surface area contributed by atoms with Gasteiger partial charge in [0.05, 0.1) is 0 Å². The molecule has 0 radical (unpaired) electrons. The Bertz CT molecular complexity index is 485. The Morgan fingerprint density at radius 2 is 1.73 bits per heavy atom. The maximum Gasteiger partial charge on any atom is 0.317 e. The van der Waals surface area contributed by atoms with Crippen molar-refractivity contribution in [2.75, 3.05) is 37.6 Å². The molecule has 4 heteroatoms. The van der Waals surface area contributed by atoms with Gasteiger partial charge in [-0.1, -0.05) is 32.0 Å². The molecule has 1 heterocycles. The van der Waals surface area contributed by atoms with Crippen LogP contribution in [-0.2, 0) is 0 Å². The highest BCUT2D eigenvalue weighted by atomic mass is 16.2. The van der Waals surface area contributed by atoms with E-state index >= 15 is 0 Å². The predicted molar refractivity (Wildman–Crippen MR) is 92.6 cm³/mol. The predicted octanol–water partition coefficient (Wildman–Crippen LogP) is 3.18. The average Bonchev–Trinajstić information content (AvgIpc) is 2.47.